The van der Waals surface area contributed by atoms with Crippen molar-refractivity contribution in [3.05, 3.63) is 30.0 Å². The molecule has 0 saturated heterocycles. The molecule has 0 aliphatic carbocycles. The summed E-state index contributed by atoms with van der Waals surface area (Å²) in [6.45, 7) is 5.95. The number of carboxylic acids is 1. The molecule has 0 amide bonds. The maximum atomic E-state index is 11.1. The van der Waals surface area contributed by atoms with E-state index in [1.165, 1.54) is 0 Å². The van der Waals surface area contributed by atoms with E-state index in [1.807, 2.05) is 24.3 Å². The van der Waals surface area contributed by atoms with Gasteiger partial charge in [-0.1, -0.05) is 13.0 Å². The third-order valence-corrected chi connectivity index (χ3v) is 3.60. The molecule has 1 heterocycles. The quantitative estimate of drug-likeness (QED) is 0.908. The molecule has 0 radical (unpaired) electrons. The van der Waals surface area contributed by atoms with Crippen molar-refractivity contribution in [2.75, 3.05) is 7.11 Å². The summed E-state index contributed by atoms with van der Waals surface area (Å²) in [5.74, 6) is -0.341. The predicted octanol–water partition coefficient (Wildman–Crippen LogP) is 3.49. The second-order valence-electron chi connectivity index (χ2n) is 5.44. The summed E-state index contributed by atoms with van der Waals surface area (Å²) < 4.78 is 7.59. The summed E-state index contributed by atoms with van der Waals surface area (Å²) in [6, 6.07) is 8.26. The highest BCUT2D eigenvalue weighted by molar-refractivity contribution is 5.87. The molecule has 1 atom stereocenters. The third-order valence-electron chi connectivity index (χ3n) is 3.60. The highest BCUT2D eigenvalue weighted by Gasteiger charge is 2.19. The highest BCUT2D eigenvalue weighted by atomic mass is 16.5. The summed E-state index contributed by atoms with van der Waals surface area (Å²) in [5.41, 5.74) is 2.13. The number of fused-ring (bicyclic) bond motifs is 1. The fraction of sp³-hybridized carbons (Fsp3) is 0.438. The molecule has 1 aromatic heterocycles. The van der Waals surface area contributed by atoms with Gasteiger partial charge in [0.05, 0.1) is 18.5 Å². The van der Waals surface area contributed by atoms with Crippen LogP contribution in [0.1, 0.15) is 32.5 Å². The highest BCUT2D eigenvalue weighted by Crippen LogP contribution is 2.32. The van der Waals surface area contributed by atoms with Gasteiger partial charge in [0, 0.05) is 23.5 Å². The first kappa shape index (κ1) is 14.4. The average molecular weight is 275 g/mol. The zero-order valence-electron chi connectivity index (χ0n) is 12.4. The van der Waals surface area contributed by atoms with Crippen LogP contribution >= 0.6 is 0 Å². The average Bonchev–Trinajstić information content (AvgIpc) is 2.76. The molecule has 0 aliphatic rings. The summed E-state index contributed by atoms with van der Waals surface area (Å²) >= 11 is 0. The van der Waals surface area contributed by atoms with E-state index < -0.39 is 11.9 Å². The van der Waals surface area contributed by atoms with Crippen LogP contribution in [0.3, 0.4) is 0 Å². The number of aromatic nitrogens is 1. The smallest absolute Gasteiger partial charge is 0.306 e. The summed E-state index contributed by atoms with van der Waals surface area (Å²) in [7, 11) is 1.65. The maximum absolute atomic E-state index is 11.1. The van der Waals surface area contributed by atoms with Crippen molar-refractivity contribution >= 4 is 16.9 Å². The molecule has 1 aromatic carbocycles. The monoisotopic (exact) mass is 275 g/mol. The van der Waals surface area contributed by atoms with Gasteiger partial charge in [-0.15, -0.1) is 0 Å². The second-order valence-corrected chi connectivity index (χ2v) is 5.44. The minimum absolute atomic E-state index is 0.274. The Morgan fingerprint density at radius 2 is 2.05 bits per heavy atom. The molecule has 0 saturated carbocycles. The molecule has 0 bridgehead atoms. The fourth-order valence-electron chi connectivity index (χ4n) is 2.62. The van der Waals surface area contributed by atoms with E-state index in [9.17, 15) is 4.79 Å². The van der Waals surface area contributed by atoms with Gasteiger partial charge in [-0.05, 0) is 32.0 Å². The van der Waals surface area contributed by atoms with Crippen LogP contribution in [0.25, 0.3) is 10.9 Å². The number of rotatable bonds is 5. The normalized spacial score (nSPS) is 12.8. The number of aliphatic carboxylic acids is 1. The van der Waals surface area contributed by atoms with E-state index in [2.05, 4.69) is 18.4 Å². The van der Waals surface area contributed by atoms with Gasteiger partial charge in [0.15, 0.2) is 0 Å². The number of hydrogen-bond donors (Lipinski definition) is 1. The van der Waals surface area contributed by atoms with E-state index in [-0.39, 0.29) is 6.04 Å². The number of nitrogens with zero attached hydrogens (tertiary/aromatic N) is 1. The fourth-order valence-corrected chi connectivity index (χ4v) is 2.62. The minimum Gasteiger partial charge on any atom is -0.496 e. The Morgan fingerprint density at radius 3 is 2.60 bits per heavy atom. The maximum Gasteiger partial charge on any atom is 0.306 e. The van der Waals surface area contributed by atoms with Gasteiger partial charge < -0.3 is 14.4 Å². The predicted molar refractivity (Wildman–Crippen MR) is 79.4 cm³/mol. The Hall–Kier alpha value is -1.97. The third kappa shape index (κ3) is 2.50. The molecular weight excluding hydrogens is 254 g/mol. The van der Waals surface area contributed by atoms with Crippen molar-refractivity contribution in [3.63, 3.8) is 0 Å². The molecule has 20 heavy (non-hydrogen) atoms. The van der Waals surface area contributed by atoms with Gasteiger partial charge >= 0.3 is 5.97 Å². The van der Waals surface area contributed by atoms with Gasteiger partial charge in [-0.25, -0.2) is 0 Å². The standard InChI is InChI=1S/C16H21NO3/c1-10(2)17-12(8-11(3)16(18)19)9-13-14(17)6-5-7-15(13)20-4/h5-7,9-11H,8H2,1-4H3,(H,18,19). The Bertz CT molecular complexity index is 628. The summed E-state index contributed by atoms with van der Waals surface area (Å²) in [4.78, 5) is 11.1. The SMILES string of the molecule is COc1cccc2c1cc(CC(C)C(=O)O)n2C(C)C. The van der Waals surface area contributed by atoms with E-state index in [1.54, 1.807) is 14.0 Å². The Kier molecular flexibility index (Phi) is 4.02. The van der Waals surface area contributed by atoms with Crippen LogP contribution in [-0.2, 0) is 11.2 Å². The van der Waals surface area contributed by atoms with Gasteiger partial charge in [0.1, 0.15) is 5.75 Å². The molecule has 0 aliphatic heterocycles. The van der Waals surface area contributed by atoms with Crippen molar-refractivity contribution in [3.8, 4) is 5.75 Å². The molecule has 4 nitrogen and oxygen atoms in total. The Morgan fingerprint density at radius 1 is 1.35 bits per heavy atom. The van der Waals surface area contributed by atoms with Gasteiger partial charge in [0.25, 0.3) is 0 Å². The van der Waals surface area contributed by atoms with Crippen molar-refractivity contribution in [2.45, 2.75) is 33.2 Å². The number of benzene rings is 1. The minimum atomic E-state index is -0.766. The molecule has 2 aromatic rings. The van der Waals surface area contributed by atoms with Crippen molar-refractivity contribution in [1.82, 2.24) is 4.57 Å². The Labute approximate surface area is 119 Å². The molecule has 0 fully saturated rings. The first-order chi connectivity index (χ1) is 9.45. The van der Waals surface area contributed by atoms with Crippen molar-refractivity contribution in [2.24, 2.45) is 5.92 Å². The van der Waals surface area contributed by atoms with Gasteiger partial charge in [-0.3, -0.25) is 4.79 Å². The zero-order chi connectivity index (χ0) is 14.9. The van der Waals surface area contributed by atoms with Crippen molar-refractivity contribution < 1.29 is 14.6 Å². The molecule has 0 spiro atoms. The number of ether oxygens (including phenoxy) is 1. The molecule has 1 N–H and O–H groups in total. The lowest BCUT2D eigenvalue weighted by Crippen LogP contribution is -2.15. The summed E-state index contributed by atoms with van der Waals surface area (Å²) in [6.07, 6.45) is 0.519. The van der Waals surface area contributed by atoms with Crippen LogP contribution in [0, 0.1) is 5.92 Å². The first-order valence-electron chi connectivity index (χ1n) is 6.85. The van der Waals surface area contributed by atoms with Crippen LogP contribution in [-0.4, -0.2) is 22.8 Å². The summed E-state index contributed by atoms with van der Waals surface area (Å²) in [5, 5.41) is 10.2. The van der Waals surface area contributed by atoms with E-state index in [0.29, 0.717) is 6.42 Å². The van der Waals surface area contributed by atoms with Crippen LogP contribution < -0.4 is 4.74 Å². The topological polar surface area (TPSA) is 51.5 Å². The second kappa shape index (κ2) is 5.57. The molecule has 108 valence electrons. The van der Waals surface area contributed by atoms with Gasteiger partial charge in [-0.2, -0.15) is 0 Å². The lowest BCUT2D eigenvalue weighted by molar-refractivity contribution is -0.141. The zero-order valence-corrected chi connectivity index (χ0v) is 12.4. The molecule has 4 heteroatoms. The number of carbonyl (C=O) groups is 1. The first-order valence-corrected chi connectivity index (χ1v) is 6.85. The van der Waals surface area contributed by atoms with E-state index in [0.717, 1.165) is 22.3 Å². The Balaban J connectivity index is 2.58. The van der Waals surface area contributed by atoms with Crippen LogP contribution in [0.2, 0.25) is 0 Å². The van der Waals surface area contributed by atoms with Crippen LogP contribution in [0.15, 0.2) is 24.3 Å². The molecule has 1 unspecified atom stereocenters. The van der Waals surface area contributed by atoms with Crippen molar-refractivity contribution in [1.29, 1.82) is 0 Å². The van der Waals surface area contributed by atoms with E-state index in [4.69, 9.17) is 9.84 Å². The lowest BCUT2D eigenvalue weighted by atomic mass is 10.1. The number of carboxylic acid groups (broad SMARTS) is 1. The largest absolute Gasteiger partial charge is 0.496 e. The molecular formula is C16H21NO3. The number of hydrogen-bond acceptors (Lipinski definition) is 2. The van der Waals surface area contributed by atoms with E-state index >= 15 is 0 Å². The van der Waals surface area contributed by atoms with Crippen LogP contribution in [0.4, 0.5) is 0 Å². The van der Waals surface area contributed by atoms with Gasteiger partial charge in [0.2, 0.25) is 0 Å². The number of methoxy groups -OCH3 is 1. The molecule has 2 rings (SSSR count). The lowest BCUT2D eigenvalue weighted by Gasteiger charge is -2.16. The van der Waals surface area contributed by atoms with Crippen LogP contribution in [0.5, 0.6) is 5.75 Å².